The largest absolute Gasteiger partial charge is 0.309 e. The molecule has 0 radical (unpaired) electrons. The molecule has 0 heterocycles. The van der Waals surface area contributed by atoms with Crippen molar-refractivity contribution in [2.75, 3.05) is 20.6 Å². The summed E-state index contributed by atoms with van der Waals surface area (Å²) in [5, 5.41) is 0. The van der Waals surface area contributed by atoms with Crippen LogP contribution in [0.2, 0.25) is 0 Å². The number of hydrogen-bond donors (Lipinski definition) is 0. The molecule has 0 N–H and O–H groups in total. The van der Waals surface area contributed by atoms with Crippen LogP contribution in [0.4, 0.5) is 0 Å². The molecule has 144 valence electrons. The van der Waals surface area contributed by atoms with E-state index in [0.29, 0.717) is 5.41 Å². The maximum absolute atomic E-state index is 2.65. The molecular formula is C24H36ClN. The second kappa shape index (κ2) is 8.48. The first-order valence-corrected chi connectivity index (χ1v) is 10.6. The quantitative estimate of drug-likeness (QED) is 0.497. The van der Waals surface area contributed by atoms with Crippen molar-refractivity contribution in [2.24, 2.45) is 23.2 Å². The Bertz CT molecular complexity index is 569. The van der Waals surface area contributed by atoms with Crippen LogP contribution in [0.1, 0.15) is 63.4 Å². The molecule has 0 spiro atoms. The number of nitrogens with zero attached hydrogens (tertiary/aromatic N) is 1. The Morgan fingerprint density at radius 1 is 0.962 bits per heavy atom. The highest BCUT2D eigenvalue weighted by Gasteiger charge is 2.52. The average Bonchev–Trinajstić information content (AvgIpc) is 2.57. The van der Waals surface area contributed by atoms with Gasteiger partial charge in [0, 0.05) is 0 Å². The molecule has 2 heteroatoms. The minimum absolute atomic E-state index is 0. The molecule has 0 atom stereocenters. The van der Waals surface area contributed by atoms with Crippen LogP contribution in [0.25, 0.3) is 5.57 Å². The summed E-state index contributed by atoms with van der Waals surface area (Å²) < 4.78 is 0. The molecule has 0 aliphatic heterocycles. The molecule has 26 heavy (non-hydrogen) atoms. The Kier molecular flexibility index (Phi) is 6.51. The summed E-state index contributed by atoms with van der Waals surface area (Å²) in [6, 6.07) is 11.4. The minimum atomic E-state index is 0. The van der Waals surface area contributed by atoms with Gasteiger partial charge in [0.1, 0.15) is 0 Å². The van der Waals surface area contributed by atoms with E-state index in [1.807, 2.05) is 0 Å². The second-order valence-corrected chi connectivity index (χ2v) is 9.48. The van der Waals surface area contributed by atoms with Gasteiger partial charge in [0.25, 0.3) is 0 Å². The molecular weight excluding hydrogens is 338 g/mol. The fourth-order valence-electron chi connectivity index (χ4n) is 6.52. The SMILES string of the molecule is CN(C)CCCCC=C(c1ccccc1)C12CC3CC(CC(C3)C1)C2.Cl. The first-order chi connectivity index (χ1) is 12.1. The van der Waals surface area contributed by atoms with Gasteiger partial charge in [-0.3, -0.25) is 0 Å². The molecule has 0 unspecified atom stereocenters. The van der Waals surface area contributed by atoms with Crippen LogP contribution in [0.3, 0.4) is 0 Å². The molecule has 4 fully saturated rings. The average molecular weight is 374 g/mol. The number of benzene rings is 1. The van der Waals surface area contributed by atoms with Crippen LogP contribution < -0.4 is 0 Å². The summed E-state index contributed by atoms with van der Waals surface area (Å²) in [6.45, 7) is 1.21. The second-order valence-electron chi connectivity index (χ2n) is 9.48. The summed E-state index contributed by atoms with van der Waals surface area (Å²) in [5.74, 6) is 3.06. The molecule has 4 bridgehead atoms. The van der Waals surface area contributed by atoms with Crippen molar-refractivity contribution in [3.63, 3.8) is 0 Å². The normalized spacial score (nSPS) is 32.7. The Balaban J connectivity index is 0.00000196. The molecule has 5 rings (SSSR count). The first-order valence-electron chi connectivity index (χ1n) is 10.6. The molecule has 0 aromatic heterocycles. The van der Waals surface area contributed by atoms with E-state index in [2.05, 4.69) is 55.4 Å². The van der Waals surface area contributed by atoms with E-state index in [4.69, 9.17) is 0 Å². The van der Waals surface area contributed by atoms with Crippen molar-refractivity contribution in [3.05, 3.63) is 42.0 Å². The van der Waals surface area contributed by atoms with E-state index in [1.165, 1.54) is 69.9 Å². The minimum Gasteiger partial charge on any atom is -0.309 e. The van der Waals surface area contributed by atoms with Crippen molar-refractivity contribution in [2.45, 2.75) is 57.8 Å². The monoisotopic (exact) mass is 373 g/mol. The highest BCUT2D eigenvalue weighted by Crippen LogP contribution is 2.64. The maximum Gasteiger partial charge on any atom is -0.00247 e. The maximum atomic E-state index is 2.65. The Labute approximate surface area is 166 Å². The van der Waals surface area contributed by atoms with Gasteiger partial charge in [0.2, 0.25) is 0 Å². The standard InChI is InChI=1S/C24H35N.ClH/c1-25(2)12-8-4-7-11-23(22-9-5-3-6-10-22)24-16-19-13-20(17-24)15-21(14-19)18-24;/h3,5-6,9-11,19-21H,4,7-8,12-18H2,1-2H3;1H. The van der Waals surface area contributed by atoms with Crippen LogP contribution in [-0.4, -0.2) is 25.5 Å². The highest BCUT2D eigenvalue weighted by atomic mass is 35.5. The van der Waals surface area contributed by atoms with Crippen LogP contribution in [-0.2, 0) is 0 Å². The fraction of sp³-hybridized carbons (Fsp3) is 0.667. The Morgan fingerprint density at radius 3 is 2.08 bits per heavy atom. The summed E-state index contributed by atoms with van der Waals surface area (Å²) in [5.41, 5.74) is 3.74. The molecule has 4 aliphatic rings. The summed E-state index contributed by atoms with van der Waals surface area (Å²) in [4.78, 5) is 2.31. The van der Waals surface area contributed by atoms with Gasteiger partial charge in [-0.25, -0.2) is 0 Å². The molecule has 1 aromatic rings. The van der Waals surface area contributed by atoms with Gasteiger partial charge in [-0.15, -0.1) is 12.4 Å². The van der Waals surface area contributed by atoms with Crippen LogP contribution >= 0.6 is 12.4 Å². The van der Waals surface area contributed by atoms with E-state index < -0.39 is 0 Å². The van der Waals surface area contributed by atoms with Gasteiger partial charge < -0.3 is 4.90 Å². The third-order valence-electron chi connectivity index (χ3n) is 7.10. The number of hydrogen-bond acceptors (Lipinski definition) is 1. The Morgan fingerprint density at radius 2 is 1.54 bits per heavy atom. The molecule has 0 amide bonds. The zero-order valence-electron chi connectivity index (χ0n) is 16.6. The van der Waals surface area contributed by atoms with Gasteiger partial charge in [-0.2, -0.15) is 0 Å². The van der Waals surface area contributed by atoms with E-state index in [1.54, 1.807) is 5.57 Å². The molecule has 0 saturated heterocycles. The molecule has 4 saturated carbocycles. The fourth-order valence-corrected chi connectivity index (χ4v) is 6.52. The lowest BCUT2D eigenvalue weighted by Crippen LogP contribution is -2.46. The summed E-state index contributed by atoms with van der Waals surface area (Å²) >= 11 is 0. The van der Waals surface area contributed by atoms with Crippen molar-refractivity contribution >= 4 is 18.0 Å². The number of unbranched alkanes of at least 4 members (excludes halogenated alkanes) is 2. The van der Waals surface area contributed by atoms with Crippen molar-refractivity contribution < 1.29 is 0 Å². The predicted octanol–water partition coefficient (Wildman–Crippen LogP) is 6.44. The molecule has 4 aliphatic carbocycles. The lowest BCUT2D eigenvalue weighted by Gasteiger charge is -2.58. The van der Waals surface area contributed by atoms with Crippen molar-refractivity contribution in [1.82, 2.24) is 4.90 Å². The lowest BCUT2D eigenvalue weighted by molar-refractivity contribution is -0.0178. The smallest absolute Gasteiger partial charge is 0.00247 e. The third-order valence-corrected chi connectivity index (χ3v) is 7.10. The van der Waals surface area contributed by atoms with Gasteiger partial charge >= 0.3 is 0 Å². The topological polar surface area (TPSA) is 3.24 Å². The van der Waals surface area contributed by atoms with E-state index >= 15 is 0 Å². The molecule has 1 nitrogen and oxygen atoms in total. The molecule has 1 aromatic carbocycles. The van der Waals surface area contributed by atoms with Crippen LogP contribution in [0, 0.1) is 23.2 Å². The van der Waals surface area contributed by atoms with Gasteiger partial charge in [0.05, 0.1) is 0 Å². The highest BCUT2D eigenvalue weighted by molar-refractivity contribution is 5.85. The lowest BCUT2D eigenvalue weighted by atomic mass is 9.47. The van der Waals surface area contributed by atoms with Crippen molar-refractivity contribution in [1.29, 1.82) is 0 Å². The van der Waals surface area contributed by atoms with Gasteiger partial charge in [0.15, 0.2) is 0 Å². The number of allylic oxidation sites excluding steroid dienone is 2. The zero-order chi connectivity index (χ0) is 17.3. The number of rotatable bonds is 7. The van der Waals surface area contributed by atoms with E-state index in [9.17, 15) is 0 Å². The van der Waals surface area contributed by atoms with Gasteiger partial charge in [-0.1, -0.05) is 36.4 Å². The number of halogens is 1. The zero-order valence-corrected chi connectivity index (χ0v) is 17.4. The third kappa shape index (κ3) is 4.20. The summed E-state index contributed by atoms with van der Waals surface area (Å²) in [6.07, 6.45) is 15.5. The predicted molar refractivity (Wildman–Crippen MR) is 115 cm³/mol. The van der Waals surface area contributed by atoms with E-state index in [0.717, 1.165) is 17.8 Å². The summed E-state index contributed by atoms with van der Waals surface area (Å²) in [7, 11) is 4.36. The van der Waals surface area contributed by atoms with Crippen LogP contribution in [0.5, 0.6) is 0 Å². The van der Waals surface area contributed by atoms with E-state index in [-0.39, 0.29) is 12.4 Å². The van der Waals surface area contributed by atoms with Crippen molar-refractivity contribution in [3.8, 4) is 0 Å². The first kappa shape index (κ1) is 20.0. The Hall–Kier alpha value is -0.790. The van der Waals surface area contributed by atoms with Gasteiger partial charge in [-0.05, 0) is 113 Å². The van der Waals surface area contributed by atoms with Crippen LogP contribution in [0.15, 0.2) is 36.4 Å².